The van der Waals surface area contributed by atoms with Crippen molar-refractivity contribution in [2.75, 3.05) is 0 Å². The van der Waals surface area contributed by atoms with Crippen molar-refractivity contribution in [3.05, 3.63) is 0 Å². The Morgan fingerprint density at radius 3 is 0.579 bits per heavy atom. The summed E-state index contributed by atoms with van der Waals surface area (Å²) >= 11 is -24.3. The molecule has 0 bridgehead atoms. The summed E-state index contributed by atoms with van der Waals surface area (Å²) in [4.78, 5) is 0. The van der Waals surface area contributed by atoms with E-state index >= 15 is 0 Å². The molecule has 14 nitrogen and oxygen atoms in total. The molecule has 0 rings (SSSR count). The predicted octanol–water partition coefficient (Wildman–Crippen LogP) is -5.86. The Kier molecular flexibility index (Phi) is 11.0. The summed E-state index contributed by atoms with van der Waals surface area (Å²) < 4.78 is 118. The summed E-state index contributed by atoms with van der Waals surface area (Å²) in [6.07, 6.45) is 0. The molecule has 0 aliphatic carbocycles. The molecule has 0 saturated carbocycles. The van der Waals surface area contributed by atoms with Crippen LogP contribution in [-0.2, 0) is 110 Å². The van der Waals surface area contributed by atoms with E-state index in [0.717, 1.165) is 0 Å². The number of hydrogen-bond donors (Lipinski definition) is 0. The van der Waals surface area contributed by atoms with Crippen LogP contribution in [0.5, 0.6) is 0 Å². The van der Waals surface area contributed by atoms with Crippen molar-refractivity contribution in [3.8, 4) is 0 Å². The van der Waals surface area contributed by atoms with Gasteiger partial charge in [0.2, 0.25) is 0 Å². The van der Waals surface area contributed by atoms with Gasteiger partial charge in [0.15, 0.2) is 0 Å². The van der Waals surface area contributed by atoms with Gasteiger partial charge in [0, 0.05) is 0 Å². The molecule has 19 heavy (non-hydrogen) atoms. The van der Waals surface area contributed by atoms with E-state index in [4.69, 9.17) is 0 Å². The third-order valence-electron chi connectivity index (χ3n) is 0.333. The van der Waals surface area contributed by atoms with Crippen molar-refractivity contribution >= 4 is 0 Å². The number of hydrogen-bond acceptors (Lipinski definition) is 14. The fourth-order valence-electron chi connectivity index (χ4n) is 0.204. The smallest absolute Gasteiger partial charge is 4.00 e. The van der Waals surface area contributed by atoms with E-state index < -0.39 is 54.5 Å². The molecule has 0 atom stereocenters. The van der Waals surface area contributed by atoms with E-state index in [1.807, 2.05) is 0 Å². The fraction of sp³-hybridized carbons (Fsp3) is 0. The van der Waals surface area contributed by atoms with E-state index in [1.54, 1.807) is 0 Å². The van der Waals surface area contributed by atoms with Crippen molar-refractivity contribution in [2.24, 2.45) is 0 Å². The first-order valence-corrected chi connectivity index (χ1v) is 11.0. The van der Waals surface area contributed by atoms with Gasteiger partial charge in [-0.05, 0) is 0 Å². The van der Waals surface area contributed by atoms with Gasteiger partial charge >= 0.3 is 127 Å². The molecule has 19 heteroatoms. The molecule has 0 heterocycles. The van der Waals surface area contributed by atoms with Crippen LogP contribution >= 0.6 is 0 Å². The summed E-state index contributed by atoms with van der Waals surface area (Å²) in [6.45, 7) is 0. The van der Waals surface area contributed by atoms with Gasteiger partial charge in [-0.15, -0.1) is 0 Å². The summed E-state index contributed by atoms with van der Waals surface area (Å²) in [6, 6.07) is 0. The number of rotatable bonds is 4. The quantitative estimate of drug-likeness (QED) is 0.283. The SMILES string of the molecule is [O]=[Cr](=[O])([O-])[O][Cr](=[O])(=[O])[O-].[O]=[Cr](=[O])([O-])[O][Cr](=[O])(=[O])[O-].[Os+4]. The molecular weight excluding hydrogens is 622 g/mol. The van der Waals surface area contributed by atoms with Gasteiger partial charge in [0.1, 0.15) is 0 Å². The maximum absolute atomic E-state index is 9.38. The zero-order valence-corrected chi connectivity index (χ0v) is 15.3. The zero-order valence-electron chi connectivity index (χ0n) is 7.70. The average molecular weight is 622 g/mol. The van der Waals surface area contributed by atoms with E-state index in [9.17, 15) is 47.1 Å². The normalized spacial score (nSPS) is 12.8. The Balaban J connectivity index is -0.000000256. The van der Waals surface area contributed by atoms with E-state index in [2.05, 4.69) is 5.68 Å². The second-order valence-corrected chi connectivity index (χ2v) is 9.05. The maximum Gasteiger partial charge on any atom is 4.00 e. The first-order valence-electron chi connectivity index (χ1n) is 2.67. The van der Waals surface area contributed by atoms with Crippen molar-refractivity contribution < 1.29 is 127 Å². The molecule has 0 aromatic rings. The average Bonchev–Trinajstić information content (AvgIpc) is 1.64. The van der Waals surface area contributed by atoms with Crippen LogP contribution in [0, 0.1) is 0 Å². The molecule has 0 aromatic carbocycles. The minimum atomic E-state index is -6.07. The predicted molar refractivity (Wildman–Crippen MR) is 7.66 cm³/mol. The van der Waals surface area contributed by atoms with Gasteiger partial charge in [-0.25, -0.2) is 0 Å². The minimum absolute atomic E-state index is 0. The summed E-state index contributed by atoms with van der Waals surface area (Å²) in [5.41, 5.74) is 0. The van der Waals surface area contributed by atoms with Crippen molar-refractivity contribution in [1.29, 1.82) is 0 Å². The monoisotopic (exact) mass is 624 g/mol. The Morgan fingerprint density at radius 1 is 0.474 bits per heavy atom. The van der Waals surface area contributed by atoms with Gasteiger partial charge in [-0.2, -0.15) is 0 Å². The van der Waals surface area contributed by atoms with Crippen LogP contribution in [0.1, 0.15) is 0 Å². The fourth-order valence-corrected chi connectivity index (χ4v) is 3.47. The molecule has 0 amide bonds. The van der Waals surface area contributed by atoms with Gasteiger partial charge in [0.05, 0.1) is 0 Å². The largest absolute Gasteiger partial charge is 4.00 e. The molecule has 0 saturated heterocycles. The second kappa shape index (κ2) is 8.39. The Hall–Kier alpha value is 0.926. The van der Waals surface area contributed by atoms with Crippen LogP contribution in [0.3, 0.4) is 0 Å². The molecule has 0 N–H and O–H groups in total. The van der Waals surface area contributed by atoms with Gasteiger partial charge in [-0.3, -0.25) is 0 Å². The zero-order chi connectivity index (χ0) is 15.4. The summed E-state index contributed by atoms with van der Waals surface area (Å²) in [5, 5.41) is 0. The van der Waals surface area contributed by atoms with Crippen molar-refractivity contribution in [2.45, 2.75) is 0 Å². The standard InChI is InChI=1S/4Cr.14O.Os/q;;;;;;;;;;;;;;4*-1;+4. The molecule has 116 valence electrons. The van der Waals surface area contributed by atoms with Crippen LogP contribution in [0.15, 0.2) is 0 Å². The van der Waals surface area contributed by atoms with Gasteiger partial charge < -0.3 is 0 Å². The molecule has 0 aliphatic rings. The molecule has 0 aromatic heterocycles. The molecular formula is Cr4O14Os. The first-order chi connectivity index (χ1) is 7.41. The van der Waals surface area contributed by atoms with Crippen molar-refractivity contribution in [1.82, 2.24) is 0 Å². The van der Waals surface area contributed by atoms with Crippen LogP contribution in [0.4, 0.5) is 0 Å². The van der Waals surface area contributed by atoms with Crippen LogP contribution in [-0.4, -0.2) is 0 Å². The summed E-state index contributed by atoms with van der Waals surface area (Å²) in [7, 11) is 0. The van der Waals surface area contributed by atoms with Gasteiger partial charge in [0.25, 0.3) is 0 Å². The molecule has 0 radical (unpaired) electrons. The van der Waals surface area contributed by atoms with Gasteiger partial charge in [-0.1, -0.05) is 0 Å². The molecule has 0 spiro atoms. The van der Waals surface area contributed by atoms with E-state index in [0.29, 0.717) is 0 Å². The van der Waals surface area contributed by atoms with E-state index in [-0.39, 0.29) is 19.8 Å². The Labute approximate surface area is 126 Å². The third-order valence-corrected chi connectivity index (χ3v) is 5.67. The second-order valence-electron chi connectivity index (χ2n) is 1.77. The summed E-state index contributed by atoms with van der Waals surface area (Å²) in [5.74, 6) is 0. The van der Waals surface area contributed by atoms with Crippen molar-refractivity contribution in [3.63, 3.8) is 0 Å². The Morgan fingerprint density at radius 2 is 0.579 bits per heavy atom. The first kappa shape index (κ1) is 24.9. The topological polar surface area (TPSA) is 247 Å². The van der Waals surface area contributed by atoms with E-state index in [1.165, 1.54) is 0 Å². The third kappa shape index (κ3) is 32.5. The molecule has 0 aliphatic heterocycles. The molecule has 0 fully saturated rings. The Bertz CT molecular complexity index is 532. The molecule has 0 unspecified atom stereocenters. The maximum atomic E-state index is 9.38. The van der Waals surface area contributed by atoms with Crippen LogP contribution < -0.4 is 16.6 Å². The minimum Gasteiger partial charge on any atom is 4.00 e. The van der Waals surface area contributed by atoms with Crippen LogP contribution in [0.2, 0.25) is 0 Å². The van der Waals surface area contributed by atoms with Crippen LogP contribution in [0.25, 0.3) is 0 Å².